The predicted octanol–water partition coefficient (Wildman–Crippen LogP) is 0.910. The van der Waals surface area contributed by atoms with Crippen LogP contribution in [0.15, 0.2) is 0 Å². The van der Waals surface area contributed by atoms with Crippen LogP contribution in [0, 0.1) is 5.92 Å². The Morgan fingerprint density at radius 3 is 2.58 bits per heavy atom. The molecule has 19 heavy (non-hydrogen) atoms. The van der Waals surface area contributed by atoms with Crippen LogP contribution >= 0.6 is 12.4 Å². The van der Waals surface area contributed by atoms with Crippen LogP contribution in [-0.2, 0) is 9.59 Å². The number of carbonyl (C=O) groups excluding carboxylic acids is 2. The van der Waals surface area contributed by atoms with Gasteiger partial charge in [0.15, 0.2) is 0 Å². The van der Waals surface area contributed by atoms with E-state index in [2.05, 4.69) is 5.32 Å². The fourth-order valence-electron chi connectivity index (χ4n) is 2.35. The zero-order valence-electron chi connectivity index (χ0n) is 11.9. The molecule has 0 aromatic rings. The number of unbranched alkanes of at least 4 members (excludes halogenated alkanes) is 1. The number of nitrogens with two attached hydrogens (primary N) is 1. The standard InChI is InChI=1S/C13H25N3O2.ClH/c1-10(2)12(16-9-5-6-11(16)17)13(18)15-8-4-3-7-14;/h10,12H,3-9,14H2,1-2H3,(H,15,18);1H. The summed E-state index contributed by atoms with van der Waals surface area (Å²) in [7, 11) is 0. The first-order valence-electron chi connectivity index (χ1n) is 6.85. The van der Waals surface area contributed by atoms with Gasteiger partial charge in [0.25, 0.3) is 0 Å². The molecule has 1 saturated heterocycles. The van der Waals surface area contributed by atoms with Gasteiger partial charge in [-0.1, -0.05) is 13.8 Å². The Labute approximate surface area is 121 Å². The molecule has 0 aromatic carbocycles. The first-order valence-corrected chi connectivity index (χ1v) is 6.85. The molecule has 1 rings (SSSR count). The number of carbonyl (C=O) groups is 2. The molecule has 1 heterocycles. The van der Waals surface area contributed by atoms with Gasteiger partial charge in [-0.3, -0.25) is 9.59 Å². The number of likely N-dealkylation sites (tertiary alicyclic amines) is 1. The molecular weight excluding hydrogens is 266 g/mol. The molecule has 112 valence electrons. The number of amides is 2. The van der Waals surface area contributed by atoms with E-state index in [1.807, 2.05) is 13.8 Å². The summed E-state index contributed by atoms with van der Waals surface area (Å²) < 4.78 is 0. The molecule has 2 amide bonds. The van der Waals surface area contributed by atoms with Gasteiger partial charge >= 0.3 is 0 Å². The molecule has 1 fully saturated rings. The normalized spacial score (nSPS) is 16.4. The summed E-state index contributed by atoms with van der Waals surface area (Å²) in [6.07, 6.45) is 3.24. The van der Waals surface area contributed by atoms with E-state index < -0.39 is 0 Å². The first-order chi connectivity index (χ1) is 8.57. The van der Waals surface area contributed by atoms with Crippen molar-refractivity contribution in [2.75, 3.05) is 19.6 Å². The number of nitrogens with zero attached hydrogens (tertiary/aromatic N) is 1. The summed E-state index contributed by atoms with van der Waals surface area (Å²) >= 11 is 0. The monoisotopic (exact) mass is 291 g/mol. The van der Waals surface area contributed by atoms with Crippen LogP contribution in [0.2, 0.25) is 0 Å². The zero-order chi connectivity index (χ0) is 13.5. The number of halogens is 1. The molecule has 0 radical (unpaired) electrons. The second-order valence-corrected chi connectivity index (χ2v) is 5.17. The van der Waals surface area contributed by atoms with Gasteiger partial charge in [-0.2, -0.15) is 0 Å². The van der Waals surface area contributed by atoms with Gasteiger partial charge in [0, 0.05) is 19.5 Å². The first kappa shape index (κ1) is 18.2. The van der Waals surface area contributed by atoms with Crippen molar-refractivity contribution in [2.45, 2.75) is 45.6 Å². The fourth-order valence-corrected chi connectivity index (χ4v) is 2.35. The highest BCUT2D eigenvalue weighted by Gasteiger charge is 2.34. The lowest BCUT2D eigenvalue weighted by atomic mass is 10.0. The lowest BCUT2D eigenvalue weighted by molar-refractivity contribution is -0.139. The van der Waals surface area contributed by atoms with Crippen molar-refractivity contribution in [3.05, 3.63) is 0 Å². The van der Waals surface area contributed by atoms with Crippen molar-refractivity contribution in [3.8, 4) is 0 Å². The van der Waals surface area contributed by atoms with E-state index in [0.717, 1.165) is 19.3 Å². The van der Waals surface area contributed by atoms with Crippen LogP contribution in [0.3, 0.4) is 0 Å². The molecule has 1 aliphatic rings. The third kappa shape index (κ3) is 5.37. The molecule has 1 unspecified atom stereocenters. The van der Waals surface area contributed by atoms with Gasteiger partial charge < -0.3 is 16.0 Å². The quantitative estimate of drug-likeness (QED) is 0.685. The molecule has 0 bridgehead atoms. The SMILES string of the molecule is CC(C)C(C(=O)NCCCCN)N1CCCC1=O.Cl. The Bertz CT molecular complexity index is 298. The zero-order valence-corrected chi connectivity index (χ0v) is 12.7. The Kier molecular flexibility index (Phi) is 8.76. The van der Waals surface area contributed by atoms with E-state index >= 15 is 0 Å². The maximum Gasteiger partial charge on any atom is 0.243 e. The predicted molar refractivity (Wildman–Crippen MR) is 78.1 cm³/mol. The Hall–Kier alpha value is -0.810. The highest BCUT2D eigenvalue weighted by Crippen LogP contribution is 2.19. The smallest absolute Gasteiger partial charge is 0.243 e. The van der Waals surface area contributed by atoms with E-state index in [-0.39, 0.29) is 36.2 Å². The molecule has 3 N–H and O–H groups in total. The summed E-state index contributed by atoms with van der Waals surface area (Å²) in [5.74, 6) is 0.213. The van der Waals surface area contributed by atoms with Crippen LogP contribution in [0.1, 0.15) is 39.5 Å². The molecule has 1 atom stereocenters. The third-order valence-corrected chi connectivity index (χ3v) is 3.28. The average Bonchev–Trinajstić information content (AvgIpc) is 2.71. The largest absolute Gasteiger partial charge is 0.354 e. The van der Waals surface area contributed by atoms with E-state index in [1.165, 1.54) is 0 Å². The van der Waals surface area contributed by atoms with E-state index in [4.69, 9.17) is 5.73 Å². The molecule has 0 aliphatic carbocycles. The van der Waals surface area contributed by atoms with Crippen molar-refractivity contribution < 1.29 is 9.59 Å². The summed E-state index contributed by atoms with van der Waals surface area (Å²) in [6, 6.07) is -0.321. The Balaban J connectivity index is 0.00000324. The van der Waals surface area contributed by atoms with Crippen molar-refractivity contribution in [2.24, 2.45) is 11.7 Å². The minimum atomic E-state index is -0.321. The topological polar surface area (TPSA) is 75.4 Å². The lowest BCUT2D eigenvalue weighted by Crippen LogP contribution is -2.50. The minimum Gasteiger partial charge on any atom is -0.354 e. The molecule has 5 nitrogen and oxygen atoms in total. The maximum absolute atomic E-state index is 12.1. The van der Waals surface area contributed by atoms with E-state index in [1.54, 1.807) is 4.90 Å². The molecule has 1 aliphatic heterocycles. The fraction of sp³-hybridized carbons (Fsp3) is 0.846. The summed E-state index contributed by atoms with van der Waals surface area (Å²) in [5, 5.41) is 2.91. The van der Waals surface area contributed by atoms with Crippen LogP contribution in [0.25, 0.3) is 0 Å². The Morgan fingerprint density at radius 2 is 2.11 bits per heavy atom. The lowest BCUT2D eigenvalue weighted by Gasteiger charge is -2.29. The highest BCUT2D eigenvalue weighted by atomic mass is 35.5. The van der Waals surface area contributed by atoms with E-state index in [0.29, 0.717) is 26.1 Å². The molecular formula is C13H26ClN3O2. The average molecular weight is 292 g/mol. The molecule has 0 saturated carbocycles. The van der Waals surface area contributed by atoms with Crippen LogP contribution in [0.5, 0.6) is 0 Å². The second-order valence-electron chi connectivity index (χ2n) is 5.17. The second kappa shape index (κ2) is 9.15. The van der Waals surface area contributed by atoms with Gasteiger partial charge in [0.05, 0.1) is 0 Å². The summed E-state index contributed by atoms with van der Waals surface area (Å²) in [4.78, 5) is 25.6. The van der Waals surface area contributed by atoms with Crippen LogP contribution in [0.4, 0.5) is 0 Å². The van der Waals surface area contributed by atoms with Gasteiger partial charge in [0.2, 0.25) is 11.8 Å². The number of rotatable bonds is 7. The van der Waals surface area contributed by atoms with Gasteiger partial charge in [0.1, 0.15) is 6.04 Å². The molecule has 0 aromatic heterocycles. The summed E-state index contributed by atoms with van der Waals surface area (Å²) in [6.45, 7) is 5.96. The van der Waals surface area contributed by atoms with Crippen LogP contribution in [-0.4, -0.2) is 42.4 Å². The summed E-state index contributed by atoms with van der Waals surface area (Å²) in [5.41, 5.74) is 5.41. The maximum atomic E-state index is 12.1. The Morgan fingerprint density at radius 1 is 1.42 bits per heavy atom. The van der Waals surface area contributed by atoms with E-state index in [9.17, 15) is 9.59 Å². The molecule has 6 heteroatoms. The van der Waals surface area contributed by atoms with Gasteiger partial charge in [-0.25, -0.2) is 0 Å². The van der Waals surface area contributed by atoms with Crippen molar-refractivity contribution in [1.82, 2.24) is 10.2 Å². The minimum absolute atomic E-state index is 0. The van der Waals surface area contributed by atoms with Crippen molar-refractivity contribution >= 4 is 24.2 Å². The van der Waals surface area contributed by atoms with Crippen molar-refractivity contribution in [1.29, 1.82) is 0 Å². The van der Waals surface area contributed by atoms with Gasteiger partial charge in [-0.05, 0) is 31.7 Å². The van der Waals surface area contributed by atoms with Crippen LogP contribution < -0.4 is 11.1 Å². The van der Waals surface area contributed by atoms with Gasteiger partial charge in [-0.15, -0.1) is 12.4 Å². The number of hydrogen-bond acceptors (Lipinski definition) is 3. The number of hydrogen-bond donors (Lipinski definition) is 2. The van der Waals surface area contributed by atoms with Crippen molar-refractivity contribution in [3.63, 3.8) is 0 Å². The highest BCUT2D eigenvalue weighted by molar-refractivity contribution is 5.88. The third-order valence-electron chi connectivity index (χ3n) is 3.28. The molecule has 0 spiro atoms. The number of nitrogens with one attached hydrogen (secondary N) is 1.